The molecule has 0 radical (unpaired) electrons. The number of ether oxygens (including phenoxy) is 1. The Kier molecular flexibility index (Phi) is 12.9. The van der Waals surface area contributed by atoms with E-state index in [4.69, 9.17) is 4.74 Å². The van der Waals surface area contributed by atoms with E-state index in [0.717, 1.165) is 26.1 Å². The van der Waals surface area contributed by atoms with E-state index in [2.05, 4.69) is 26.1 Å². The Morgan fingerprint density at radius 2 is 1.69 bits per heavy atom. The zero-order valence-electron chi connectivity index (χ0n) is 11.6. The van der Waals surface area contributed by atoms with Crippen LogP contribution in [0.5, 0.6) is 0 Å². The molecule has 0 fully saturated rings. The lowest BCUT2D eigenvalue weighted by atomic mass is 10.1. The van der Waals surface area contributed by atoms with Gasteiger partial charge in [-0.1, -0.05) is 46.0 Å². The van der Waals surface area contributed by atoms with Crippen molar-refractivity contribution < 1.29 is 4.74 Å². The summed E-state index contributed by atoms with van der Waals surface area (Å²) in [5, 5.41) is 3.32. The molecule has 0 rings (SSSR count). The molecular formula is C14H31NO. The Morgan fingerprint density at radius 3 is 2.38 bits per heavy atom. The van der Waals surface area contributed by atoms with E-state index in [1.807, 2.05) is 0 Å². The molecule has 0 spiro atoms. The number of nitrogens with one attached hydrogen (secondary N) is 1. The van der Waals surface area contributed by atoms with Gasteiger partial charge in [0.1, 0.15) is 0 Å². The minimum atomic E-state index is 0.412. The van der Waals surface area contributed by atoms with Crippen LogP contribution in [0.15, 0.2) is 0 Å². The van der Waals surface area contributed by atoms with Crippen molar-refractivity contribution >= 4 is 0 Å². The van der Waals surface area contributed by atoms with Crippen LogP contribution in [0.25, 0.3) is 0 Å². The Bertz CT molecular complexity index is 128. The summed E-state index contributed by atoms with van der Waals surface area (Å²) in [4.78, 5) is 0. The van der Waals surface area contributed by atoms with Crippen LogP contribution < -0.4 is 5.32 Å². The number of hydrogen-bond acceptors (Lipinski definition) is 2. The van der Waals surface area contributed by atoms with Gasteiger partial charge in [0.25, 0.3) is 0 Å². The highest BCUT2D eigenvalue weighted by Gasteiger charge is 2.00. The molecule has 0 aromatic rings. The second-order valence-corrected chi connectivity index (χ2v) is 4.59. The van der Waals surface area contributed by atoms with E-state index in [9.17, 15) is 0 Å². The summed E-state index contributed by atoms with van der Waals surface area (Å²) in [6, 6.07) is 0. The van der Waals surface area contributed by atoms with Crippen molar-refractivity contribution in [2.24, 2.45) is 0 Å². The van der Waals surface area contributed by atoms with Gasteiger partial charge in [-0.05, 0) is 32.9 Å². The molecule has 0 amide bonds. The lowest BCUT2D eigenvalue weighted by Gasteiger charge is -2.12. The van der Waals surface area contributed by atoms with Crippen LogP contribution in [0.2, 0.25) is 0 Å². The fraction of sp³-hybridized carbons (Fsp3) is 1.00. The molecule has 2 nitrogen and oxygen atoms in total. The molecule has 0 saturated carbocycles. The van der Waals surface area contributed by atoms with E-state index in [-0.39, 0.29) is 0 Å². The van der Waals surface area contributed by atoms with Gasteiger partial charge in [-0.2, -0.15) is 0 Å². The molecule has 0 aliphatic heterocycles. The third-order valence-electron chi connectivity index (χ3n) is 2.88. The van der Waals surface area contributed by atoms with Crippen LogP contribution in [-0.4, -0.2) is 25.8 Å². The molecule has 0 heterocycles. The third kappa shape index (κ3) is 12.0. The molecule has 2 heteroatoms. The summed E-state index contributed by atoms with van der Waals surface area (Å²) in [7, 11) is 0. The average Bonchev–Trinajstić information content (AvgIpc) is 2.28. The van der Waals surface area contributed by atoms with Crippen LogP contribution in [-0.2, 0) is 4.74 Å². The van der Waals surface area contributed by atoms with Crippen molar-refractivity contribution in [3.05, 3.63) is 0 Å². The molecule has 1 atom stereocenters. The predicted octanol–water partition coefficient (Wildman–Crippen LogP) is 3.75. The van der Waals surface area contributed by atoms with Gasteiger partial charge in [-0.3, -0.25) is 0 Å². The summed E-state index contributed by atoms with van der Waals surface area (Å²) in [6.45, 7) is 9.66. The smallest absolute Gasteiger partial charge is 0.0559 e. The lowest BCUT2D eigenvalue weighted by molar-refractivity contribution is 0.0577. The van der Waals surface area contributed by atoms with Crippen molar-refractivity contribution in [2.45, 2.75) is 71.8 Å². The zero-order valence-corrected chi connectivity index (χ0v) is 11.6. The fourth-order valence-electron chi connectivity index (χ4n) is 1.73. The van der Waals surface area contributed by atoms with Crippen molar-refractivity contribution in [3.63, 3.8) is 0 Å². The van der Waals surface area contributed by atoms with Gasteiger partial charge in [0, 0.05) is 6.61 Å². The van der Waals surface area contributed by atoms with Crippen molar-refractivity contribution in [1.82, 2.24) is 5.32 Å². The topological polar surface area (TPSA) is 21.3 Å². The first-order chi connectivity index (χ1) is 7.81. The maximum Gasteiger partial charge on any atom is 0.0559 e. The second kappa shape index (κ2) is 13.0. The van der Waals surface area contributed by atoms with Crippen molar-refractivity contribution in [2.75, 3.05) is 19.7 Å². The first-order valence-corrected chi connectivity index (χ1v) is 7.13. The molecule has 0 bridgehead atoms. The molecular weight excluding hydrogens is 198 g/mol. The van der Waals surface area contributed by atoms with Gasteiger partial charge in [0.15, 0.2) is 0 Å². The van der Waals surface area contributed by atoms with Gasteiger partial charge in [-0.15, -0.1) is 0 Å². The summed E-state index contributed by atoms with van der Waals surface area (Å²) in [6.07, 6.45) is 9.60. The van der Waals surface area contributed by atoms with Crippen molar-refractivity contribution in [3.8, 4) is 0 Å². The summed E-state index contributed by atoms with van der Waals surface area (Å²) in [5.74, 6) is 0. The van der Waals surface area contributed by atoms with Gasteiger partial charge in [-0.25, -0.2) is 0 Å². The summed E-state index contributed by atoms with van der Waals surface area (Å²) >= 11 is 0. The van der Waals surface area contributed by atoms with E-state index in [1.165, 1.54) is 38.5 Å². The summed E-state index contributed by atoms with van der Waals surface area (Å²) < 4.78 is 5.76. The quantitative estimate of drug-likeness (QED) is 0.515. The average molecular weight is 229 g/mol. The number of rotatable bonds is 12. The van der Waals surface area contributed by atoms with Crippen LogP contribution in [0, 0.1) is 0 Å². The van der Waals surface area contributed by atoms with Crippen LogP contribution in [0.3, 0.4) is 0 Å². The molecule has 0 aromatic heterocycles. The predicted molar refractivity (Wildman–Crippen MR) is 72.0 cm³/mol. The van der Waals surface area contributed by atoms with Gasteiger partial charge in [0.05, 0.1) is 6.10 Å². The molecule has 1 N–H and O–H groups in total. The largest absolute Gasteiger partial charge is 0.378 e. The number of hydrogen-bond donors (Lipinski definition) is 1. The Labute approximate surface area is 102 Å². The van der Waals surface area contributed by atoms with Gasteiger partial charge < -0.3 is 10.1 Å². The SMILES string of the molecule is CCCCCCCCOC(C)CCNCC. The third-order valence-corrected chi connectivity index (χ3v) is 2.88. The lowest BCUT2D eigenvalue weighted by Crippen LogP contribution is -2.20. The first kappa shape index (κ1) is 15.9. The number of unbranched alkanes of at least 4 members (excludes halogenated alkanes) is 5. The Balaban J connectivity index is 3.06. The molecule has 0 aromatic carbocycles. The molecule has 0 aliphatic carbocycles. The van der Waals surface area contributed by atoms with Crippen molar-refractivity contribution in [1.29, 1.82) is 0 Å². The molecule has 16 heavy (non-hydrogen) atoms. The van der Waals surface area contributed by atoms with E-state index < -0.39 is 0 Å². The second-order valence-electron chi connectivity index (χ2n) is 4.59. The highest BCUT2D eigenvalue weighted by atomic mass is 16.5. The van der Waals surface area contributed by atoms with Crippen LogP contribution in [0.4, 0.5) is 0 Å². The van der Waals surface area contributed by atoms with Gasteiger partial charge in [0.2, 0.25) is 0 Å². The molecule has 0 saturated heterocycles. The van der Waals surface area contributed by atoms with Crippen LogP contribution >= 0.6 is 0 Å². The highest BCUT2D eigenvalue weighted by molar-refractivity contribution is 4.53. The van der Waals surface area contributed by atoms with E-state index in [1.54, 1.807) is 0 Å². The minimum Gasteiger partial charge on any atom is -0.378 e. The normalized spacial score (nSPS) is 12.9. The molecule has 98 valence electrons. The maximum absolute atomic E-state index is 5.76. The highest BCUT2D eigenvalue weighted by Crippen LogP contribution is 2.06. The standard InChI is InChI=1S/C14H31NO/c1-4-6-7-8-9-10-13-16-14(3)11-12-15-5-2/h14-15H,4-13H2,1-3H3. The molecule has 1 unspecified atom stereocenters. The summed E-state index contributed by atoms with van der Waals surface area (Å²) in [5.41, 5.74) is 0. The van der Waals surface area contributed by atoms with E-state index in [0.29, 0.717) is 6.10 Å². The maximum atomic E-state index is 5.76. The Morgan fingerprint density at radius 1 is 1.00 bits per heavy atom. The monoisotopic (exact) mass is 229 g/mol. The van der Waals surface area contributed by atoms with E-state index >= 15 is 0 Å². The fourth-order valence-corrected chi connectivity index (χ4v) is 1.73. The first-order valence-electron chi connectivity index (χ1n) is 7.13. The zero-order chi connectivity index (χ0) is 12.1. The van der Waals surface area contributed by atoms with Gasteiger partial charge >= 0.3 is 0 Å². The minimum absolute atomic E-state index is 0.412. The van der Waals surface area contributed by atoms with Crippen LogP contribution in [0.1, 0.15) is 65.7 Å². The molecule has 0 aliphatic rings. The Hall–Kier alpha value is -0.0800.